The molecule has 18 heavy (non-hydrogen) atoms. The molecule has 0 aromatic heterocycles. The van der Waals surface area contributed by atoms with Gasteiger partial charge in [-0.15, -0.1) is 0 Å². The number of benzene rings is 1. The van der Waals surface area contributed by atoms with Gasteiger partial charge in [0.15, 0.2) is 9.84 Å². The fourth-order valence-corrected chi connectivity index (χ4v) is 2.13. The fourth-order valence-electron chi connectivity index (χ4n) is 1.46. The van der Waals surface area contributed by atoms with Crippen molar-refractivity contribution in [2.75, 3.05) is 11.6 Å². The molecule has 0 aliphatic rings. The molecule has 0 saturated carbocycles. The normalized spacial score (nSPS) is 13.2. The van der Waals surface area contributed by atoms with Crippen LogP contribution in [-0.2, 0) is 14.6 Å². The molecule has 6 heteroatoms. The van der Waals surface area contributed by atoms with E-state index < -0.39 is 21.0 Å². The van der Waals surface area contributed by atoms with Gasteiger partial charge in [-0.05, 0) is 44.0 Å². The summed E-state index contributed by atoms with van der Waals surface area (Å²) in [4.78, 5) is 11.8. The first kappa shape index (κ1) is 15.2. The van der Waals surface area contributed by atoms with E-state index >= 15 is 0 Å². The Morgan fingerprint density at radius 2 is 1.72 bits per heavy atom. The summed E-state index contributed by atoms with van der Waals surface area (Å²) in [7, 11) is -3.37. The Bertz CT molecular complexity index is 558. The second kappa shape index (κ2) is 5.40. The highest BCUT2D eigenvalue weighted by atomic mass is 79.9. The molecule has 1 N–H and O–H groups in total. The van der Waals surface area contributed by atoms with Crippen LogP contribution in [0.1, 0.15) is 18.1 Å². The van der Waals surface area contributed by atoms with E-state index in [0.717, 1.165) is 21.9 Å². The van der Waals surface area contributed by atoms with E-state index in [-0.39, 0.29) is 0 Å². The average Bonchev–Trinajstić information content (AvgIpc) is 2.23. The molecular formula is C12H16BrNO3S. The third-order valence-corrected chi connectivity index (χ3v) is 5.46. The maximum Gasteiger partial charge on any atom is 0.242 e. The monoisotopic (exact) mass is 333 g/mol. The van der Waals surface area contributed by atoms with Gasteiger partial charge in [-0.25, -0.2) is 8.42 Å². The van der Waals surface area contributed by atoms with Crippen molar-refractivity contribution < 1.29 is 13.2 Å². The van der Waals surface area contributed by atoms with Crippen molar-refractivity contribution in [1.29, 1.82) is 0 Å². The lowest BCUT2D eigenvalue weighted by molar-refractivity contribution is -0.115. The Balaban J connectivity index is 2.96. The highest BCUT2D eigenvalue weighted by Gasteiger charge is 2.23. The standard InChI is InChI=1S/C12H16BrNO3S/c1-7-5-10(6-8(2)11(7)13)14-12(15)9(3)18(4,16)17/h5-6,9H,1-4H3,(H,14,15). The molecular weight excluding hydrogens is 318 g/mol. The highest BCUT2D eigenvalue weighted by Crippen LogP contribution is 2.25. The molecule has 1 unspecified atom stereocenters. The SMILES string of the molecule is Cc1cc(NC(=O)C(C)S(C)(=O)=O)cc(C)c1Br. The van der Waals surface area contributed by atoms with Crippen molar-refractivity contribution in [2.45, 2.75) is 26.0 Å². The van der Waals surface area contributed by atoms with Gasteiger partial charge in [-0.3, -0.25) is 4.79 Å². The van der Waals surface area contributed by atoms with Gasteiger partial charge in [-0.1, -0.05) is 15.9 Å². The predicted molar refractivity (Wildman–Crippen MR) is 76.6 cm³/mol. The molecule has 0 fully saturated rings. The van der Waals surface area contributed by atoms with E-state index in [1.54, 1.807) is 12.1 Å². The van der Waals surface area contributed by atoms with Crippen molar-refractivity contribution in [3.63, 3.8) is 0 Å². The number of hydrogen-bond acceptors (Lipinski definition) is 3. The molecule has 1 atom stereocenters. The number of aryl methyl sites for hydroxylation is 2. The molecule has 0 aliphatic heterocycles. The zero-order valence-corrected chi connectivity index (χ0v) is 13.1. The summed E-state index contributed by atoms with van der Waals surface area (Å²) in [5, 5.41) is 1.56. The van der Waals surface area contributed by atoms with Gasteiger partial charge in [0.25, 0.3) is 0 Å². The average molecular weight is 334 g/mol. The second-order valence-corrected chi connectivity index (χ2v) is 7.54. The number of rotatable bonds is 3. The molecule has 4 nitrogen and oxygen atoms in total. The number of carbonyl (C=O) groups is 1. The third kappa shape index (κ3) is 3.55. The van der Waals surface area contributed by atoms with Crippen molar-refractivity contribution in [3.05, 3.63) is 27.7 Å². The number of halogens is 1. The van der Waals surface area contributed by atoms with E-state index in [0.29, 0.717) is 5.69 Å². The second-order valence-electron chi connectivity index (χ2n) is 4.39. The van der Waals surface area contributed by atoms with Crippen LogP contribution in [0.4, 0.5) is 5.69 Å². The van der Waals surface area contributed by atoms with Gasteiger partial charge in [0.1, 0.15) is 5.25 Å². The molecule has 0 saturated heterocycles. The Morgan fingerprint density at radius 1 is 1.28 bits per heavy atom. The van der Waals surface area contributed by atoms with E-state index in [1.807, 2.05) is 13.8 Å². The Hall–Kier alpha value is -0.880. The van der Waals surface area contributed by atoms with Crippen LogP contribution in [0.25, 0.3) is 0 Å². The smallest absolute Gasteiger partial charge is 0.242 e. The Kier molecular flexibility index (Phi) is 4.55. The minimum Gasteiger partial charge on any atom is -0.325 e. The molecule has 0 heterocycles. The first-order valence-corrected chi connectivity index (χ1v) is 8.14. The Labute approximate surface area is 116 Å². The van der Waals surface area contributed by atoms with E-state index in [1.165, 1.54) is 6.92 Å². The molecule has 0 spiro atoms. The molecule has 1 amide bonds. The minimum absolute atomic E-state index is 0.515. The zero-order chi connectivity index (χ0) is 14.1. The number of anilines is 1. The molecule has 100 valence electrons. The molecule has 1 rings (SSSR count). The number of carbonyl (C=O) groups excluding carboxylic acids is 1. The fraction of sp³-hybridized carbons (Fsp3) is 0.417. The maximum absolute atomic E-state index is 11.8. The summed E-state index contributed by atoms with van der Waals surface area (Å²) in [6.07, 6.45) is 1.05. The molecule has 1 aromatic carbocycles. The number of amides is 1. The lowest BCUT2D eigenvalue weighted by atomic mass is 10.1. The van der Waals surface area contributed by atoms with Gasteiger partial charge in [0.05, 0.1) is 0 Å². The zero-order valence-electron chi connectivity index (χ0n) is 10.7. The molecule has 0 bridgehead atoms. The predicted octanol–water partition coefficient (Wildman–Crippen LogP) is 2.44. The summed E-state index contributed by atoms with van der Waals surface area (Å²) in [5.41, 5.74) is 2.57. The van der Waals surface area contributed by atoms with Crippen LogP contribution in [0.2, 0.25) is 0 Å². The molecule has 1 aromatic rings. The van der Waals surface area contributed by atoms with Gasteiger partial charge >= 0.3 is 0 Å². The largest absolute Gasteiger partial charge is 0.325 e. The van der Waals surface area contributed by atoms with E-state index in [2.05, 4.69) is 21.2 Å². The third-order valence-electron chi connectivity index (χ3n) is 2.72. The van der Waals surface area contributed by atoms with Gasteiger partial charge in [-0.2, -0.15) is 0 Å². The van der Waals surface area contributed by atoms with Crippen molar-refractivity contribution in [1.82, 2.24) is 0 Å². The summed E-state index contributed by atoms with van der Waals surface area (Å²) in [5.74, 6) is -0.515. The number of nitrogens with one attached hydrogen (secondary N) is 1. The Morgan fingerprint density at radius 3 is 2.11 bits per heavy atom. The van der Waals surface area contributed by atoms with Crippen molar-refractivity contribution in [2.24, 2.45) is 0 Å². The van der Waals surface area contributed by atoms with Crippen LogP contribution < -0.4 is 5.32 Å². The van der Waals surface area contributed by atoms with E-state index in [9.17, 15) is 13.2 Å². The van der Waals surface area contributed by atoms with Crippen LogP contribution in [-0.4, -0.2) is 25.8 Å². The first-order chi connectivity index (χ1) is 8.12. The summed E-state index contributed by atoms with van der Waals surface area (Å²) >= 11 is 3.43. The quantitative estimate of drug-likeness (QED) is 0.923. The highest BCUT2D eigenvalue weighted by molar-refractivity contribution is 9.10. The first-order valence-electron chi connectivity index (χ1n) is 5.39. The topological polar surface area (TPSA) is 63.2 Å². The van der Waals surface area contributed by atoms with Crippen LogP contribution >= 0.6 is 15.9 Å². The van der Waals surface area contributed by atoms with Crippen LogP contribution in [0.5, 0.6) is 0 Å². The summed E-state index contributed by atoms with van der Waals surface area (Å²) < 4.78 is 23.5. The van der Waals surface area contributed by atoms with Crippen molar-refractivity contribution in [3.8, 4) is 0 Å². The van der Waals surface area contributed by atoms with Crippen LogP contribution in [0.15, 0.2) is 16.6 Å². The van der Waals surface area contributed by atoms with Crippen molar-refractivity contribution >= 4 is 37.4 Å². The summed E-state index contributed by atoms with van der Waals surface area (Å²) in [6, 6.07) is 3.59. The number of sulfone groups is 1. The summed E-state index contributed by atoms with van der Waals surface area (Å²) in [6.45, 7) is 5.20. The van der Waals surface area contributed by atoms with Gasteiger partial charge < -0.3 is 5.32 Å². The van der Waals surface area contributed by atoms with Gasteiger partial charge in [0, 0.05) is 16.4 Å². The van der Waals surface area contributed by atoms with E-state index in [4.69, 9.17) is 0 Å². The lowest BCUT2D eigenvalue weighted by Gasteiger charge is -2.12. The van der Waals surface area contributed by atoms with Gasteiger partial charge in [0.2, 0.25) is 5.91 Å². The molecule has 0 radical (unpaired) electrons. The lowest BCUT2D eigenvalue weighted by Crippen LogP contribution is -2.31. The van der Waals surface area contributed by atoms with Crippen LogP contribution in [0, 0.1) is 13.8 Å². The van der Waals surface area contributed by atoms with Crippen LogP contribution in [0.3, 0.4) is 0 Å². The minimum atomic E-state index is -3.37. The maximum atomic E-state index is 11.8. The number of hydrogen-bond donors (Lipinski definition) is 1. The molecule has 0 aliphatic carbocycles.